The molecule has 0 fully saturated rings. The van der Waals surface area contributed by atoms with E-state index in [1.165, 1.54) is 6.07 Å². The summed E-state index contributed by atoms with van der Waals surface area (Å²) in [7, 11) is 0. The van der Waals surface area contributed by atoms with Crippen molar-refractivity contribution in [3.63, 3.8) is 0 Å². The highest BCUT2D eigenvalue weighted by molar-refractivity contribution is 7.08. The van der Waals surface area contributed by atoms with Gasteiger partial charge in [-0.3, -0.25) is 0 Å². The van der Waals surface area contributed by atoms with E-state index in [2.05, 4.69) is 0 Å². The van der Waals surface area contributed by atoms with E-state index in [1.54, 1.807) is 23.5 Å². The Morgan fingerprint density at radius 1 is 1.33 bits per heavy atom. The van der Waals surface area contributed by atoms with Gasteiger partial charge < -0.3 is 5.73 Å². The summed E-state index contributed by atoms with van der Waals surface area (Å²) in [5.41, 5.74) is 7.56. The van der Waals surface area contributed by atoms with Gasteiger partial charge in [0.2, 0.25) is 0 Å². The van der Waals surface area contributed by atoms with Gasteiger partial charge in [0.15, 0.2) is 0 Å². The minimum absolute atomic E-state index is 0.108. The molecule has 2 aromatic rings. The van der Waals surface area contributed by atoms with E-state index in [4.69, 9.17) is 17.3 Å². The highest BCUT2D eigenvalue weighted by Gasteiger charge is 2.14. The smallest absolute Gasteiger partial charge is 0.142 e. The third-order valence-corrected chi connectivity index (χ3v) is 3.32. The molecule has 1 aromatic heterocycles. The number of hydrogen-bond acceptors (Lipinski definition) is 2. The lowest BCUT2D eigenvalue weighted by Gasteiger charge is -2.12. The number of thiophene rings is 1. The number of benzene rings is 1. The van der Waals surface area contributed by atoms with Crippen LogP contribution < -0.4 is 5.73 Å². The first-order valence-electron chi connectivity index (χ1n) is 4.41. The first-order valence-corrected chi connectivity index (χ1v) is 5.74. The SMILES string of the molecule is NC(c1ccsc1)c1cccc(F)c1Cl. The van der Waals surface area contributed by atoms with Gasteiger partial charge in [0.1, 0.15) is 5.82 Å². The minimum atomic E-state index is -0.431. The van der Waals surface area contributed by atoms with Gasteiger partial charge in [-0.1, -0.05) is 23.7 Å². The van der Waals surface area contributed by atoms with Crippen LogP contribution in [0.5, 0.6) is 0 Å². The van der Waals surface area contributed by atoms with E-state index in [-0.39, 0.29) is 11.1 Å². The summed E-state index contributed by atoms with van der Waals surface area (Å²) in [5, 5.41) is 3.98. The van der Waals surface area contributed by atoms with Gasteiger partial charge in [-0.25, -0.2) is 4.39 Å². The molecule has 1 nitrogen and oxygen atoms in total. The van der Waals surface area contributed by atoms with Crippen molar-refractivity contribution in [3.05, 3.63) is 57.0 Å². The lowest BCUT2D eigenvalue weighted by Crippen LogP contribution is -2.11. The second-order valence-corrected chi connectivity index (χ2v) is 4.34. The molecule has 2 N–H and O–H groups in total. The maximum atomic E-state index is 13.2. The Bertz CT molecular complexity index is 456. The molecule has 0 saturated heterocycles. The zero-order valence-corrected chi connectivity index (χ0v) is 9.36. The highest BCUT2D eigenvalue weighted by Crippen LogP contribution is 2.29. The van der Waals surface area contributed by atoms with E-state index in [9.17, 15) is 4.39 Å². The van der Waals surface area contributed by atoms with E-state index in [1.807, 2.05) is 16.8 Å². The van der Waals surface area contributed by atoms with Gasteiger partial charge >= 0.3 is 0 Å². The average Bonchev–Trinajstić information content (AvgIpc) is 2.74. The second kappa shape index (κ2) is 4.31. The van der Waals surface area contributed by atoms with Crippen LogP contribution in [0.2, 0.25) is 5.02 Å². The quantitative estimate of drug-likeness (QED) is 0.855. The monoisotopic (exact) mass is 241 g/mol. The molecule has 0 spiro atoms. The summed E-state index contributed by atoms with van der Waals surface area (Å²) < 4.78 is 13.2. The fourth-order valence-electron chi connectivity index (χ4n) is 1.39. The van der Waals surface area contributed by atoms with Gasteiger partial charge in [0, 0.05) is 0 Å². The van der Waals surface area contributed by atoms with Crippen LogP contribution in [0.15, 0.2) is 35.0 Å². The molecule has 15 heavy (non-hydrogen) atoms. The summed E-state index contributed by atoms with van der Waals surface area (Å²) in [6, 6.07) is 6.23. The molecule has 4 heteroatoms. The van der Waals surface area contributed by atoms with Crippen LogP contribution in [0.3, 0.4) is 0 Å². The lowest BCUT2D eigenvalue weighted by atomic mass is 10.0. The van der Waals surface area contributed by atoms with Gasteiger partial charge in [-0.15, -0.1) is 0 Å². The topological polar surface area (TPSA) is 26.0 Å². The maximum absolute atomic E-state index is 13.2. The molecule has 1 unspecified atom stereocenters. The lowest BCUT2D eigenvalue weighted by molar-refractivity contribution is 0.624. The van der Waals surface area contributed by atoms with Crippen LogP contribution in [0.1, 0.15) is 17.2 Å². The number of nitrogens with two attached hydrogens (primary N) is 1. The van der Waals surface area contributed by atoms with Crippen molar-refractivity contribution in [2.24, 2.45) is 5.73 Å². The number of halogens is 2. The van der Waals surface area contributed by atoms with E-state index in [0.29, 0.717) is 5.56 Å². The molecule has 0 aliphatic heterocycles. The molecular formula is C11H9ClFNS. The fraction of sp³-hybridized carbons (Fsp3) is 0.0909. The molecule has 0 saturated carbocycles. The molecule has 0 bridgehead atoms. The molecule has 2 rings (SSSR count). The average molecular weight is 242 g/mol. The molecule has 1 aromatic carbocycles. The van der Waals surface area contributed by atoms with Gasteiger partial charge in [-0.2, -0.15) is 11.3 Å². The van der Waals surface area contributed by atoms with Crippen molar-refractivity contribution >= 4 is 22.9 Å². The van der Waals surface area contributed by atoms with Crippen LogP contribution in [-0.2, 0) is 0 Å². The Morgan fingerprint density at radius 2 is 2.13 bits per heavy atom. The molecule has 0 aliphatic carbocycles. The summed E-state index contributed by atoms with van der Waals surface area (Å²) in [4.78, 5) is 0. The molecule has 1 heterocycles. The molecule has 78 valence electrons. The molecule has 0 aliphatic rings. The Labute approximate surface area is 96.3 Å². The summed E-state index contributed by atoms with van der Waals surface area (Å²) in [5.74, 6) is -0.431. The zero-order chi connectivity index (χ0) is 10.8. The van der Waals surface area contributed by atoms with Crippen molar-refractivity contribution in [3.8, 4) is 0 Å². The summed E-state index contributed by atoms with van der Waals surface area (Å²) in [6.07, 6.45) is 0. The third kappa shape index (κ3) is 2.04. The Morgan fingerprint density at radius 3 is 2.80 bits per heavy atom. The summed E-state index contributed by atoms with van der Waals surface area (Å²) >= 11 is 7.41. The van der Waals surface area contributed by atoms with Crippen molar-refractivity contribution < 1.29 is 4.39 Å². The van der Waals surface area contributed by atoms with Crippen LogP contribution in [0.4, 0.5) is 4.39 Å². The van der Waals surface area contributed by atoms with Crippen LogP contribution in [-0.4, -0.2) is 0 Å². The van der Waals surface area contributed by atoms with Crippen LogP contribution in [0, 0.1) is 5.82 Å². The first-order chi connectivity index (χ1) is 7.20. The zero-order valence-electron chi connectivity index (χ0n) is 7.78. The fourth-order valence-corrected chi connectivity index (χ4v) is 2.33. The van der Waals surface area contributed by atoms with Gasteiger partial charge in [0.25, 0.3) is 0 Å². The van der Waals surface area contributed by atoms with E-state index >= 15 is 0 Å². The molecule has 0 amide bonds. The predicted octanol–water partition coefficient (Wildman–Crippen LogP) is 3.59. The number of hydrogen-bond donors (Lipinski definition) is 1. The van der Waals surface area contributed by atoms with Crippen LogP contribution >= 0.6 is 22.9 Å². The van der Waals surface area contributed by atoms with Gasteiger partial charge in [0.05, 0.1) is 11.1 Å². The standard InChI is InChI=1S/C11H9ClFNS/c12-10-8(2-1-3-9(10)13)11(14)7-4-5-15-6-7/h1-6,11H,14H2. The normalized spacial score (nSPS) is 12.7. The Kier molecular flexibility index (Phi) is 3.05. The molecular weight excluding hydrogens is 233 g/mol. The van der Waals surface area contributed by atoms with Crippen molar-refractivity contribution in [2.45, 2.75) is 6.04 Å². The molecule has 1 atom stereocenters. The first kappa shape index (κ1) is 10.6. The van der Waals surface area contributed by atoms with Gasteiger partial charge in [-0.05, 0) is 34.0 Å². The maximum Gasteiger partial charge on any atom is 0.142 e. The minimum Gasteiger partial charge on any atom is -0.320 e. The van der Waals surface area contributed by atoms with Crippen LogP contribution in [0.25, 0.3) is 0 Å². The van der Waals surface area contributed by atoms with E-state index in [0.717, 1.165) is 5.56 Å². The Balaban J connectivity index is 2.42. The van der Waals surface area contributed by atoms with E-state index < -0.39 is 5.82 Å². The van der Waals surface area contributed by atoms with Crippen molar-refractivity contribution in [1.82, 2.24) is 0 Å². The van der Waals surface area contributed by atoms with Crippen molar-refractivity contribution in [2.75, 3.05) is 0 Å². The predicted molar refractivity (Wildman–Crippen MR) is 61.8 cm³/mol. The molecule has 0 radical (unpaired) electrons. The van der Waals surface area contributed by atoms with Crippen molar-refractivity contribution in [1.29, 1.82) is 0 Å². The largest absolute Gasteiger partial charge is 0.320 e. The number of rotatable bonds is 2. The third-order valence-electron chi connectivity index (χ3n) is 2.22. The second-order valence-electron chi connectivity index (χ2n) is 3.18. The Hall–Kier alpha value is -0.900. The summed E-state index contributed by atoms with van der Waals surface area (Å²) in [6.45, 7) is 0. The highest BCUT2D eigenvalue weighted by atomic mass is 35.5.